The van der Waals surface area contributed by atoms with Crippen LogP contribution in [0.3, 0.4) is 0 Å². The molecule has 1 fully saturated rings. The van der Waals surface area contributed by atoms with Gasteiger partial charge in [0.1, 0.15) is 10.3 Å². The Kier molecular flexibility index (Phi) is 5.73. The van der Waals surface area contributed by atoms with Gasteiger partial charge in [-0.3, -0.25) is 4.98 Å². The van der Waals surface area contributed by atoms with E-state index in [0.717, 1.165) is 30.5 Å². The molecule has 1 aliphatic carbocycles. The molecule has 6 nitrogen and oxygen atoms in total. The van der Waals surface area contributed by atoms with Gasteiger partial charge in [0.05, 0.1) is 6.04 Å². The first-order chi connectivity index (χ1) is 12.9. The summed E-state index contributed by atoms with van der Waals surface area (Å²) < 4.78 is 21.5. The Balaban J connectivity index is 1.78. The Morgan fingerprint density at radius 1 is 1.29 bits per heavy atom. The number of nitrogens with zero attached hydrogens (tertiary/aromatic N) is 2. The number of rotatable bonds is 2. The number of hydrogen-bond acceptors (Lipinski definition) is 5. The summed E-state index contributed by atoms with van der Waals surface area (Å²) in [5.74, 6) is 0. The SMILES string of the molecule is CC(C)(C)OC(=O)N1CCC2(CC1)Cc1ncccc1C2N[S+]([O-])C(C)(C)C. The number of hydrogen-bond donors (Lipinski definition) is 1. The van der Waals surface area contributed by atoms with Crippen LogP contribution in [0.4, 0.5) is 4.79 Å². The Hall–Kier alpha value is -1.31. The molecule has 1 spiro atoms. The second kappa shape index (κ2) is 7.50. The molecule has 2 aliphatic rings. The van der Waals surface area contributed by atoms with Crippen LogP contribution in [0, 0.1) is 5.41 Å². The topological polar surface area (TPSA) is 77.5 Å². The third-order valence-corrected chi connectivity index (χ3v) is 7.12. The predicted octanol–water partition coefficient (Wildman–Crippen LogP) is 3.75. The predicted molar refractivity (Wildman–Crippen MR) is 111 cm³/mol. The first kappa shape index (κ1) is 21.4. The molecule has 1 amide bonds. The van der Waals surface area contributed by atoms with Crippen LogP contribution in [0.5, 0.6) is 0 Å². The van der Waals surface area contributed by atoms with Crippen molar-refractivity contribution in [3.05, 3.63) is 29.6 Å². The minimum Gasteiger partial charge on any atom is -0.598 e. The third kappa shape index (κ3) is 4.47. The highest BCUT2D eigenvalue weighted by molar-refractivity contribution is 7.90. The first-order valence-corrected chi connectivity index (χ1v) is 11.2. The largest absolute Gasteiger partial charge is 0.598 e. The van der Waals surface area contributed by atoms with E-state index in [2.05, 4.69) is 15.8 Å². The van der Waals surface area contributed by atoms with Crippen molar-refractivity contribution in [3.8, 4) is 0 Å². The molecule has 7 heteroatoms. The lowest BCUT2D eigenvalue weighted by Crippen LogP contribution is -2.51. The summed E-state index contributed by atoms with van der Waals surface area (Å²) in [6.07, 6.45) is 4.10. The number of carbonyl (C=O) groups excluding carboxylic acids is 1. The molecular weight excluding hydrogens is 374 g/mol. The van der Waals surface area contributed by atoms with Gasteiger partial charge in [-0.05, 0) is 72.4 Å². The maximum atomic E-state index is 12.9. The number of aromatic nitrogens is 1. The van der Waals surface area contributed by atoms with Crippen molar-refractivity contribution in [1.82, 2.24) is 14.6 Å². The highest BCUT2D eigenvalue weighted by Gasteiger charge is 2.51. The quantitative estimate of drug-likeness (QED) is 0.756. The number of carbonyl (C=O) groups is 1. The summed E-state index contributed by atoms with van der Waals surface area (Å²) in [4.78, 5) is 18.8. The molecule has 0 aromatic carbocycles. The van der Waals surface area contributed by atoms with Crippen LogP contribution in [-0.4, -0.2) is 44.0 Å². The van der Waals surface area contributed by atoms with Crippen LogP contribution in [0.1, 0.15) is 71.7 Å². The van der Waals surface area contributed by atoms with Crippen LogP contribution < -0.4 is 4.72 Å². The maximum absolute atomic E-state index is 12.9. The average Bonchev–Trinajstić information content (AvgIpc) is 2.86. The summed E-state index contributed by atoms with van der Waals surface area (Å²) in [6, 6.07) is 4.02. The average molecular weight is 408 g/mol. The highest BCUT2D eigenvalue weighted by atomic mass is 32.2. The van der Waals surface area contributed by atoms with Crippen LogP contribution in [0.2, 0.25) is 0 Å². The number of pyridine rings is 1. The van der Waals surface area contributed by atoms with E-state index in [-0.39, 0.29) is 22.3 Å². The lowest BCUT2D eigenvalue weighted by molar-refractivity contribution is 0.00711. The van der Waals surface area contributed by atoms with Gasteiger partial charge in [-0.15, -0.1) is 4.72 Å². The molecule has 2 unspecified atom stereocenters. The second-order valence-electron chi connectivity index (χ2n) is 9.98. The Morgan fingerprint density at radius 3 is 2.50 bits per heavy atom. The molecule has 0 radical (unpaired) electrons. The molecule has 156 valence electrons. The fourth-order valence-corrected chi connectivity index (χ4v) is 4.97. The fraction of sp³-hybridized carbons (Fsp3) is 0.714. The summed E-state index contributed by atoms with van der Waals surface area (Å²) in [5.41, 5.74) is 1.66. The van der Waals surface area contributed by atoms with Crippen molar-refractivity contribution in [2.75, 3.05) is 13.1 Å². The number of ether oxygens (including phenoxy) is 1. The van der Waals surface area contributed by atoms with E-state index in [0.29, 0.717) is 13.1 Å². The molecule has 0 saturated carbocycles. The van der Waals surface area contributed by atoms with Crippen LogP contribution in [0.25, 0.3) is 0 Å². The van der Waals surface area contributed by atoms with E-state index >= 15 is 0 Å². The van der Waals surface area contributed by atoms with E-state index < -0.39 is 17.0 Å². The number of likely N-dealkylation sites (tertiary alicyclic amines) is 1. The van der Waals surface area contributed by atoms with E-state index in [1.165, 1.54) is 0 Å². The number of piperidine rings is 1. The van der Waals surface area contributed by atoms with Crippen LogP contribution in [-0.2, 0) is 22.5 Å². The van der Waals surface area contributed by atoms with Gasteiger partial charge in [0.15, 0.2) is 0 Å². The van der Waals surface area contributed by atoms with Crippen LogP contribution >= 0.6 is 0 Å². The fourth-order valence-electron chi connectivity index (χ4n) is 4.03. The number of amides is 1. The zero-order valence-electron chi connectivity index (χ0n) is 17.9. The van der Waals surface area contributed by atoms with Crippen molar-refractivity contribution in [2.24, 2.45) is 5.41 Å². The third-order valence-electron chi connectivity index (χ3n) is 5.56. The zero-order valence-corrected chi connectivity index (χ0v) is 18.7. The second-order valence-corrected chi connectivity index (χ2v) is 12.0. The zero-order chi connectivity index (χ0) is 20.7. The van der Waals surface area contributed by atoms with E-state index in [1.807, 2.05) is 53.8 Å². The van der Waals surface area contributed by atoms with Gasteiger partial charge in [-0.2, -0.15) is 0 Å². The van der Waals surface area contributed by atoms with Gasteiger partial charge < -0.3 is 14.2 Å². The monoisotopic (exact) mass is 407 g/mol. The molecule has 1 aromatic heterocycles. The molecule has 0 bridgehead atoms. The van der Waals surface area contributed by atoms with Crippen molar-refractivity contribution in [1.29, 1.82) is 0 Å². The number of fused-ring (bicyclic) bond motifs is 1. The van der Waals surface area contributed by atoms with Crippen molar-refractivity contribution in [2.45, 2.75) is 77.2 Å². The molecule has 28 heavy (non-hydrogen) atoms. The van der Waals surface area contributed by atoms with Crippen molar-refractivity contribution in [3.63, 3.8) is 0 Å². The van der Waals surface area contributed by atoms with Gasteiger partial charge in [-0.1, -0.05) is 6.07 Å². The summed E-state index contributed by atoms with van der Waals surface area (Å²) in [5, 5.41) is 0. The highest BCUT2D eigenvalue weighted by Crippen LogP contribution is 2.52. The molecular formula is C21H33N3O3S. The molecule has 1 aromatic rings. The minimum absolute atomic E-state index is 0.0166. The summed E-state index contributed by atoms with van der Waals surface area (Å²) in [6.45, 7) is 12.9. The normalized spacial score (nSPS) is 22.8. The van der Waals surface area contributed by atoms with Gasteiger partial charge >= 0.3 is 6.09 Å². The van der Waals surface area contributed by atoms with Gasteiger partial charge in [0, 0.05) is 41.8 Å². The summed E-state index contributed by atoms with van der Waals surface area (Å²) >= 11 is -1.18. The lowest BCUT2D eigenvalue weighted by atomic mass is 9.73. The van der Waals surface area contributed by atoms with Gasteiger partial charge in [-0.25, -0.2) is 4.79 Å². The van der Waals surface area contributed by atoms with Crippen molar-refractivity contribution < 1.29 is 14.1 Å². The van der Waals surface area contributed by atoms with Crippen LogP contribution in [0.15, 0.2) is 18.3 Å². The molecule has 1 saturated heterocycles. The Bertz CT molecular complexity index is 718. The molecule has 1 N–H and O–H groups in total. The molecule has 2 atom stereocenters. The lowest BCUT2D eigenvalue weighted by Gasteiger charge is -2.43. The standard InChI is InChI=1S/C21H33N3O3S/c1-19(2,3)27-18(25)24-12-9-21(10-13-24)14-16-15(8-7-11-22-16)17(21)23-28(26)20(4,5)6/h7-8,11,17,23H,9-10,12-14H2,1-6H3. The maximum Gasteiger partial charge on any atom is 0.410 e. The summed E-state index contributed by atoms with van der Waals surface area (Å²) in [7, 11) is 0. The van der Waals surface area contributed by atoms with Gasteiger partial charge in [0.2, 0.25) is 0 Å². The van der Waals surface area contributed by atoms with Crippen molar-refractivity contribution >= 4 is 17.5 Å². The molecule has 1 aliphatic heterocycles. The van der Waals surface area contributed by atoms with E-state index in [9.17, 15) is 9.35 Å². The number of nitrogens with one attached hydrogen (secondary N) is 1. The van der Waals surface area contributed by atoms with E-state index in [1.54, 1.807) is 4.90 Å². The smallest absolute Gasteiger partial charge is 0.410 e. The Labute approximate surface area is 171 Å². The van der Waals surface area contributed by atoms with E-state index in [4.69, 9.17) is 4.74 Å². The Morgan fingerprint density at radius 2 is 1.93 bits per heavy atom. The molecule has 3 rings (SSSR count). The van der Waals surface area contributed by atoms with Gasteiger partial charge in [0.25, 0.3) is 0 Å². The first-order valence-electron chi connectivity index (χ1n) is 10.0. The minimum atomic E-state index is -1.18. The molecule has 2 heterocycles.